The number of rotatable bonds is 10. The Balaban J connectivity index is 0.00000301. The Morgan fingerprint density at radius 3 is 2.31 bits per heavy atom. The van der Waals surface area contributed by atoms with E-state index in [4.69, 9.17) is 17.3 Å². The van der Waals surface area contributed by atoms with Crippen molar-refractivity contribution in [3.63, 3.8) is 0 Å². The molecule has 0 spiro atoms. The van der Waals surface area contributed by atoms with Gasteiger partial charge in [0, 0.05) is 30.7 Å². The molecule has 1 heterocycles. The van der Waals surface area contributed by atoms with Crippen LogP contribution < -0.4 is 17.3 Å². The van der Waals surface area contributed by atoms with E-state index < -0.39 is 0 Å². The molecule has 1 aromatic rings. The molecule has 5 heteroatoms. The quantitative estimate of drug-likeness (QED) is 0.429. The van der Waals surface area contributed by atoms with Crippen molar-refractivity contribution in [2.45, 2.75) is 67.2 Å². The Hall–Kier alpha value is -1.59. The standard InChI is InChI=1S/C19H35N5.C2H6/c1-18(2,8-6-10-20)15-19(3,4)9-12-24(22)14-17(21)16-7-5-11-23-13-16;1-2/h5,7,11,13-14H,6,8-10,12,15,20-22H2,1-4H3;1-2H3/b17-14-;. The van der Waals surface area contributed by atoms with Crippen LogP contribution in [0.25, 0.3) is 5.70 Å². The lowest BCUT2D eigenvalue weighted by atomic mass is 9.71. The van der Waals surface area contributed by atoms with Gasteiger partial charge in [-0.15, -0.1) is 0 Å². The molecular formula is C21H41N5. The maximum Gasteiger partial charge on any atom is 0.0579 e. The van der Waals surface area contributed by atoms with E-state index >= 15 is 0 Å². The minimum Gasteiger partial charge on any atom is -0.397 e. The van der Waals surface area contributed by atoms with E-state index in [1.54, 1.807) is 23.6 Å². The summed E-state index contributed by atoms with van der Waals surface area (Å²) in [5.41, 5.74) is 13.8. The minimum atomic E-state index is 0.215. The van der Waals surface area contributed by atoms with Gasteiger partial charge in [0.05, 0.1) is 5.70 Å². The molecule has 0 unspecified atom stereocenters. The van der Waals surface area contributed by atoms with Crippen molar-refractivity contribution < 1.29 is 0 Å². The number of hydrogen-bond acceptors (Lipinski definition) is 5. The molecule has 5 nitrogen and oxygen atoms in total. The number of nitrogens with two attached hydrogens (primary N) is 3. The first kappa shape index (κ1) is 24.4. The lowest BCUT2D eigenvalue weighted by Gasteiger charge is -2.36. The van der Waals surface area contributed by atoms with Gasteiger partial charge in [-0.2, -0.15) is 0 Å². The van der Waals surface area contributed by atoms with Crippen LogP contribution in [0.1, 0.15) is 72.8 Å². The van der Waals surface area contributed by atoms with Gasteiger partial charge in [0.25, 0.3) is 0 Å². The lowest BCUT2D eigenvalue weighted by Crippen LogP contribution is -2.32. The predicted molar refractivity (Wildman–Crippen MR) is 114 cm³/mol. The van der Waals surface area contributed by atoms with Crippen molar-refractivity contribution in [1.82, 2.24) is 9.99 Å². The van der Waals surface area contributed by atoms with Gasteiger partial charge in [0.15, 0.2) is 0 Å². The molecule has 0 saturated carbocycles. The third-order valence-electron chi connectivity index (χ3n) is 4.36. The summed E-state index contributed by atoms with van der Waals surface area (Å²) in [6.07, 6.45) is 9.65. The van der Waals surface area contributed by atoms with Crippen molar-refractivity contribution in [3.8, 4) is 0 Å². The van der Waals surface area contributed by atoms with Crippen LogP contribution in [0.3, 0.4) is 0 Å². The van der Waals surface area contributed by atoms with Crippen molar-refractivity contribution in [2.24, 2.45) is 28.1 Å². The molecule has 1 aromatic heterocycles. The smallest absolute Gasteiger partial charge is 0.0579 e. The first-order chi connectivity index (χ1) is 12.2. The summed E-state index contributed by atoms with van der Waals surface area (Å²) < 4.78 is 0. The molecule has 0 aliphatic rings. The molecule has 0 aromatic carbocycles. The van der Waals surface area contributed by atoms with Crippen LogP contribution in [0, 0.1) is 10.8 Å². The third kappa shape index (κ3) is 10.4. The summed E-state index contributed by atoms with van der Waals surface area (Å²) in [7, 11) is 0. The van der Waals surface area contributed by atoms with E-state index in [0.29, 0.717) is 11.1 Å². The Kier molecular flexibility index (Phi) is 11.2. The molecule has 0 bridgehead atoms. The van der Waals surface area contributed by atoms with Crippen LogP contribution >= 0.6 is 0 Å². The van der Waals surface area contributed by atoms with E-state index in [1.165, 1.54) is 0 Å². The second kappa shape index (κ2) is 11.9. The molecule has 0 aliphatic carbocycles. The molecule has 0 radical (unpaired) electrons. The van der Waals surface area contributed by atoms with Crippen molar-refractivity contribution in [3.05, 3.63) is 36.3 Å². The van der Waals surface area contributed by atoms with E-state index in [0.717, 1.165) is 44.3 Å². The zero-order valence-corrected chi connectivity index (χ0v) is 17.8. The molecule has 0 aliphatic heterocycles. The molecule has 26 heavy (non-hydrogen) atoms. The summed E-state index contributed by atoms with van der Waals surface area (Å²) in [5.74, 6) is 6.10. The van der Waals surface area contributed by atoms with Gasteiger partial charge in [-0.1, -0.05) is 41.5 Å². The van der Waals surface area contributed by atoms with E-state index in [9.17, 15) is 0 Å². The van der Waals surface area contributed by atoms with Crippen LogP contribution in [-0.2, 0) is 0 Å². The second-order valence-electron chi connectivity index (χ2n) is 8.21. The first-order valence-electron chi connectivity index (χ1n) is 9.74. The number of hydrogen-bond donors (Lipinski definition) is 3. The number of aromatic nitrogens is 1. The highest BCUT2D eigenvalue weighted by molar-refractivity contribution is 5.60. The highest BCUT2D eigenvalue weighted by atomic mass is 15.4. The normalized spacial score (nSPS) is 12.4. The monoisotopic (exact) mass is 363 g/mol. The maximum absolute atomic E-state index is 6.10. The SMILES string of the molecule is CC.CC(C)(CCCN)CC(C)(C)CCN(N)/C=C(\N)c1cccnc1. The minimum absolute atomic E-state index is 0.215. The van der Waals surface area contributed by atoms with Crippen LogP contribution in [0.15, 0.2) is 30.7 Å². The highest BCUT2D eigenvalue weighted by Crippen LogP contribution is 2.39. The Morgan fingerprint density at radius 1 is 1.15 bits per heavy atom. The fourth-order valence-electron chi connectivity index (χ4n) is 3.34. The van der Waals surface area contributed by atoms with Gasteiger partial charge in [0.1, 0.15) is 0 Å². The van der Waals surface area contributed by atoms with Gasteiger partial charge in [-0.25, -0.2) is 5.84 Å². The molecule has 6 N–H and O–H groups in total. The number of pyridine rings is 1. The maximum atomic E-state index is 6.10. The van der Waals surface area contributed by atoms with Crippen LogP contribution in [-0.4, -0.2) is 23.1 Å². The summed E-state index contributed by atoms with van der Waals surface area (Å²) in [4.78, 5) is 4.07. The third-order valence-corrected chi connectivity index (χ3v) is 4.36. The Labute approximate surface area is 161 Å². The van der Waals surface area contributed by atoms with E-state index in [-0.39, 0.29) is 5.41 Å². The molecule has 0 amide bonds. The summed E-state index contributed by atoms with van der Waals surface area (Å²) in [6, 6.07) is 3.79. The molecule has 0 fully saturated rings. The van der Waals surface area contributed by atoms with Crippen LogP contribution in [0.5, 0.6) is 0 Å². The largest absolute Gasteiger partial charge is 0.397 e. The van der Waals surface area contributed by atoms with E-state index in [1.807, 2.05) is 26.0 Å². The number of hydrazine groups is 1. The highest BCUT2D eigenvalue weighted by Gasteiger charge is 2.28. The molecule has 0 atom stereocenters. The topological polar surface area (TPSA) is 94.2 Å². The van der Waals surface area contributed by atoms with Gasteiger partial charge in [0.2, 0.25) is 0 Å². The summed E-state index contributed by atoms with van der Waals surface area (Å²) in [6.45, 7) is 14.8. The van der Waals surface area contributed by atoms with Crippen molar-refractivity contribution in [2.75, 3.05) is 13.1 Å². The second-order valence-corrected chi connectivity index (χ2v) is 8.21. The summed E-state index contributed by atoms with van der Waals surface area (Å²) in [5, 5.41) is 1.68. The summed E-state index contributed by atoms with van der Waals surface area (Å²) >= 11 is 0. The average molecular weight is 364 g/mol. The lowest BCUT2D eigenvalue weighted by molar-refractivity contribution is 0.156. The van der Waals surface area contributed by atoms with Crippen molar-refractivity contribution >= 4 is 5.70 Å². The first-order valence-corrected chi connectivity index (χ1v) is 9.74. The molecular weight excluding hydrogens is 322 g/mol. The van der Waals surface area contributed by atoms with Crippen molar-refractivity contribution in [1.29, 1.82) is 0 Å². The molecule has 150 valence electrons. The van der Waals surface area contributed by atoms with Gasteiger partial charge in [-0.05, 0) is 55.2 Å². The van der Waals surface area contributed by atoms with E-state index in [2.05, 4.69) is 32.7 Å². The van der Waals surface area contributed by atoms with Gasteiger partial charge < -0.3 is 16.5 Å². The number of nitrogens with zero attached hydrogens (tertiary/aromatic N) is 2. The zero-order chi connectivity index (χ0) is 20.2. The van der Waals surface area contributed by atoms with Gasteiger partial charge in [-0.3, -0.25) is 4.98 Å². The molecule has 0 saturated heterocycles. The van der Waals surface area contributed by atoms with Crippen LogP contribution in [0.2, 0.25) is 0 Å². The fourth-order valence-corrected chi connectivity index (χ4v) is 3.34. The fraction of sp³-hybridized carbons (Fsp3) is 0.667. The zero-order valence-electron chi connectivity index (χ0n) is 17.8. The van der Waals surface area contributed by atoms with Gasteiger partial charge >= 0.3 is 0 Å². The predicted octanol–water partition coefficient (Wildman–Crippen LogP) is 4.11. The Bertz CT molecular complexity index is 508. The Morgan fingerprint density at radius 2 is 1.77 bits per heavy atom. The molecule has 1 rings (SSSR count). The van der Waals surface area contributed by atoms with Crippen LogP contribution in [0.4, 0.5) is 0 Å². The average Bonchev–Trinajstić information content (AvgIpc) is 2.60.